The Labute approximate surface area is 168 Å². The number of quaternary nitrogens is 1. The van der Waals surface area contributed by atoms with Crippen LogP contribution in [0, 0.1) is 25.2 Å². The number of nitrogens with zero attached hydrogens (tertiary/aromatic N) is 3. The highest BCUT2D eigenvalue weighted by molar-refractivity contribution is 7.91. The lowest BCUT2D eigenvalue weighted by Crippen LogP contribution is -3.08. The number of nitriles is 1. The van der Waals surface area contributed by atoms with Crippen molar-refractivity contribution in [3.63, 3.8) is 0 Å². The van der Waals surface area contributed by atoms with E-state index in [-0.39, 0.29) is 30.0 Å². The van der Waals surface area contributed by atoms with Crippen LogP contribution in [0.4, 0.5) is 5.00 Å². The molecule has 10 heteroatoms. The molecule has 1 aliphatic heterocycles. The van der Waals surface area contributed by atoms with Crippen LogP contribution in [-0.2, 0) is 21.2 Å². The van der Waals surface area contributed by atoms with Crippen LogP contribution in [0.2, 0.25) is 0 Å². The van der Waals surface area contributed by atoms with Gasteiger partial charge in [0.25, 0.3) is 5.91 Å². The zero-order valence-corrected chi connectivity index (χ0v) is 17.8. The molecule has 0 aliphatic carbocycles. The van der Waals surface area contributed by atoms with Gasteiger partial charge in [-0.15, -0.1) is 11.3 Å². The van der Waals surface area contributed by atoms with Crippen molar-refractivity contribution in [1.82, 2.24) is 9.78 Å². The first-order valence-corrected chi connectivity index (χ1v) is 11.7. The standard InChI is InChI=1S/C18H23N5O3S2/c1-12-16(13(2)23(21-12)15-5-7-28(25,26)11-15)9-22(3)10-17(24)20-18-14(8-19)4-6-27-18/h4,6,15H,5,7,9-11H2,1-3H3,(H,20,24)/p+1/t15-/m0/s1. The molecule has 0 radical (unpaired) electrons. The Hall–Kier alpha value is -2.22. The van der Waals surface area contributed by atoms with Crippen LogP contribution < -0.4 is 10.2 Å². The van der Waals surface area contributed by atoms with Gasteiger partial charge >= 0.3 is 0 Å². The van der Waals surface area contributed by atoms with Crippen LogP contribution in [-0.4, -0.2) is 49.2 Å². The Bertz CT molecular complexity index is 1030. The molecule has 1 fully saturated rings. The van der Waals surface area contributed by atoms with E-state index in [9.17, 15) is 13.2 Å². The fraction of sp³-hybridized carbons (Fsp3) is 0.500. The molecule has 1 saturated heterocycles. The van der Waals surface area contributed by atoms with Gasteiger partial charge in [-0.2, -0.15) is 10.4 Å². The lowest BCUT2D eigenvalue weighted by molar-refractivity contribution is -0.885. The summed E-state index contributed by atoms with van der Waals surface area (Å²) in [5.74, 6) is 0.201. The molecule has 28 heavy (non-hydrogen) atoms. The maximum atomic E-state index is 12.3. The zero-order chi connectivity index (χ0) is 20.5. The summed E-state index contributed by atoms with van der Waals surface area (Å²) in [6, 6.07) is 3.63. The number of thiophene rings is 1. The van der Waals surface area contributed by atoms with Crippen molar-refractivity contribution in [3.05, 3.63) is 34.0 Å². The largest absolute Gasteiger partial charge is 0.326 e. The number of hydrogen-bond acceptors (Lipinski definition) is 6. The minimum absolute atomic E-state index is 0.107. The highest BCUT2D eigenvalue weighted by Gasteiger charge is 2.32. The zero-order valence-electron chi connectivity index (χ0n) is 16.2. The quantitative estimate of drug-likeness (QED) is 0.702. The van der Waals surface area contributed by atoms with E-state index in [0.717, 1.165) is 21.9 Å². The third-order valence-corrected chi connectivity index (χ3v) is 7.59. The normalized spacial score (nSPS) is 19.3. The first-order valence-electron chi connectivity index (χ1n) is 9.04. The van der Waals surface area contributed by atoms with Crippen molar-refractivity contribution in [3.8, 4) is 6.07 Å². The first-order chi connectivity index (χ1) is 13.2. The van der Waals surface area contributed by atoms with E-state index in [4.69, 9.17) is 5.26 Å². The van der Waals surface area contributed by atoms with Gasteiger partial charge in [-0.3, -0.25) is 9.48 Å². The summed E-state index contributed by atoms with van der Waals surface area (Å²) in [4.78, 5) is 13.3. The van der Waals surface area contributed by atoms with Gasteiger partial charge < -0.3 is 10.2 Å². The predicted molar refractivity (Wildman–Crippen MR) is 107 cm³/mol. The minimum Gasteiger partial charge on any atom is -0.326 e. The summed E-state index contributed by atoms with van der Waals surface area (Å²) in [7, 11) is -1.05. The summed E-state index contributed by atoms with van der Waals surface area (Å²) in [5, 5.41) is 18.8. The Kier molecular flexibility index (Phi) is 5.88. The highest BCUT2D eigenvalue weighted by atomic mass is 32.2. The number of anilines is 1. The summed E-state index contributed by atoms with van der Waals surface area (Å²) in [6.07, 6.45) is 0.594. The van der Waals surface area contributed by atoms with E-state index in [1.807, 2.05) is 25.6 Å². The summed E-state index contributed by atoms with van der Waals surface area (Å²) in [6.45, 7) is 4.74. The SMILES string of the molecule is Cc1nn([C@H]2CCS(=O)(=O)C2)c(C)c1C[NH+](C)CC(=O)Nc1sccc1C#N. The van der Waals surface area contributed by atoms with Crippen molar-refractivity contribution in [2.45, 2.75) is 32.9 Å². The third-order valence-electron chi connectivity index (χ3n) is 5.01. The molecule has 2 N–H and O–H groups in total. The first kappa shape index (κ1) is 20.5. The Morgan fingerprint density at radius 1 is 1.50 bits per heavy atom. The monoisotopic (exact) mass is 422 g/mol. The van der Waals surface area contributed by atoms with E-state index in [2.05, 4.69) is 16.5 Å². The lowest BCUT2D eigenvalue weighted by Gasteiger charge is -2.15. The number of rotatable bonds is 6. The van der Waals surface area contributed by atoms with Gasteiger partial charge in [0, 0.05) is 5.69 Å². The number of likely N-dealkylation sites (N-methyl/N-ethyl adjacent to an activating group) is 1. The van der Waals surface area contributed by atoms with Crippen molar-refractivity contribution in [2.24, 2.45) is 0 Å². The van der Waals surface area contributed by atoms with Gasteiger partial charge in [-0.1, -0.05) is 0 Å². The number of nitrogens with one attached hydrogen (secondary N) is 2. The molecule has 0 spiro atoms. The Morgan fingerprint density at radius 3 is 2.89 bits per heavy atom. The van der Waals surface area contributed by atoms with Gasteiger partial charge in [0.1, 0.15) is 17.6 Å². The molecule has 1 amide bonds. The van der Waals surface area contributed by atoms with E-state index < -0.39 is 9.84 Å². The summed E-state index contributed by atoms with van der Waals surface area (Å²) < 4.78 is 25.4. The number of carbonyl (C=O) groups is 1. The number of aromatic nitrogens is 2. The Morgan fingerprint density at radius 2 is 2.25 bits per heavy atom. The lowest BCUT2D eigenvalue weighted by atomic mass is 10.1. The molecule has 2 aromatic rings. The van der Waals surface area contributed by atoms with Gasteiger partial charge in [0.2, 0.25) is 0 Å². The fourth-order valence-corrected chi connectivity index (χ4v) is 6.03. The predicted octanol–water partition coefficient (Wildman–Crippen LogP) is 0.446. The number of hydrogen-bond donors (Lipinski definition) is 2. The topological polar surface area (TPSA) is 109 Å². The second-order valence-corrected chi connectivity index (χ2v) is 10.4. The van der Waals surface area contributed by atoms with Crippen molar-refractivity contribution in [2.75, 3.05) is 30.4 Å². The number of carbonyl (C=O) groups excluding carboxylic acids is 1. The van der Waals surface area contributed by atoms with E-state index in [1.54, 1.807) is 11.4 Å². The number of amides is 1. The second-order valence-electron chi connectivity index (χ2n) is 7.28. The molecule has 0 aromatic carbocycles. The number of aryl methyl sites for hydroxylation is 1. The van der Waals surface area contributed by atoms with E-state index >= 15 is 0 Å². The molecule has 8 nitrogen and oxygen atoms in total. The van der Waals surface area contributed by atoms with Gasteiger partial charge in [-0.05, 0) is 31.7 Å². The van der Waals surface area contributed by atoms with Gasteiger partial charge in [0.15, 0.2) is 16.4 Å². The smallest absolute Gasteiger partial charge is 0.280 e. The van der Waals surface area contributed by atoms with Crippen molar-refractivity contribution in [1.29, 1.82) is 5.26 Å². The second kappa shape index (κ2) is 8.03. The summed E-state index contributed by atoms with van der Waals surface area (Å²) >= 11 is 1.33. The van der Waals surface area contributed by atoms with E-state index in [0.29, 0.717) is 23.5 Å². The maximum absolute atomic E-state index is 12.3. The molecular weight excluding hydrogens is 398 g/mol. The molecule has 3 rings (SSSR count). The van der Waals surface area contributed by atoms with Crippen LogP contribution in [0.15, 0.2) is 11.4 Å². The third kappa shape index (κ3) is 4.43. The average Bonchev–Trinajstić information content (AvgIpc) is 3.28. The fourth-order valence-electron chi connectivity index (χ4n) is 3.58. The maximum Gasteiger partial charge on any atom is 0.280 e. The molecule has 1 unspecified atom stereocenters. The molecule has 0 bridgehead atoms. The average molecular weight is 423 g/mol. The van der Waals surface area contributed by atoms with Crippen LogP contribution >= 0.6 is 11.3 Å². The van der Waals surface area contributed by atoms with E-state index in [1.165, 1.54) is 11.3 Å². The minimum atomic E-state index is -2.97. The molecular formula is C18H24N5O3S2+. The molecule has 2 atom stereocenters. The van der Waals surface area contributed by atoms with Gasteiger partial charge in [0.05, 0.1) is 41.4 Å². The van der Waals surface area contributed by atoms with Crippen LogP contribution in [0.1, 0.15) is 35.0 Å². The molecule has 150 valence electrons. The van der Waals surface area contributed by atoms with Crippen molar-refractivity contribution < 1.29 is 18.1 Å². The summed E-state index contributed by atoms with van der Waals surface area (Å²) in [5.41, 5.74) is 3.34. The molecule has 0 saturated carbocycles. The van der Waals surface area contributed by atoms with Gasteiger partial charge in [-0.25, -0.2) is 8.42 Å². The molecule has 3 heterocycles. The van der Waals surface area contributed by atoms with Crippen LogP contribution in [0.5, 0.6) is 0 Å². The molecule has 2 aromatic heterocycles. The van der Waals surface area contributed by atoms with Crippen LogP contribution in [0.25, 0.3) is 0 Å². The van der Waals surface area contributed by atoms with Crippen LogP contribution in [0.3, 0.4) is 0 Å². The highest BCUT2D eigenvalue weighted by Crippen LogP contribution is 2.26. The Balaban J connectivity index is 1.65. The van der Waals surface area contributed by atoms with Crippen molar-refractivity contribution >= 4 is 32.1 Å². The number of sulfone groups is 1. The molecule has 1 aliphatic rings.